The molecule has 1 aliphatic heterocycles. The smallest absolute Gasteiger partial charge is 0.258 e. The minimum atomic E-state index is -3.66. The van der Waals surface area contributed by atoms with Crippen LogP contribution in [-0.4, -0.2) is 32.0 Å². The Bertz CT molecular complexity index is 1240. The lowest BCUT2D eigenvalue weighted by molar-refractivity contribution is -0.113. The molecule has 7 heteroatoms. The Labute approximate surface area is 187 Å². The molecule has 0 radical (unpaired) electrons. The summed E-state index contributed by atoms with van der Waals surface area (Å²) < 4.78 is 24.9. The fraction of sp³-hybridized carbons (Fsp3) is 0.200. The SMILES string of the molecule is CC1Cc2ccccc2N1C(=O)c1ccc(CS(=O)(=O)CC(=O)Nc2ccccc2)cc1. The zero-order valence-electron chi connectivity index (χ0n) is 17.7. The minimum absolute atomic E-state index is 0.0584. The second-order valence-electron chi connectivity index (χ2n) is 8.00. The summed E-state index contributed by atoms with van der Waals surface area (Å²) in [5, 5.41) is 2.58. The molecule has 164 valence electrons. The molecule has 1 N–H and O–H groups in total. The molecule has 3 aromatic carbocycles. The first-order valence-electron chi connectivity index (χ1n) is 10.4. The second kappa shape index (κ2) is 8.96. The van der Waals surface area contributed by atoms with Gasteiger partial charge in [-0.3, -0.25) is 9.59 Å². The van der Waals surface area contributed by atoms with Gasteiger partial charge in [-0.15, -0.1) is 0 Å². The van der Waals surface area contributed by atoms with Crippen LogP contribution in [0.4, 0.5) is 11.4 Å². The third kappa shape index (κ3) is 4.89. The zero-order chi connectivity index (χ0) is 22.7. The van der Waals surface area contributed by atoms with Gasteiger partial charge < -0.3 is 10.2 Å². The van der Waals surface area contributed by atoms with Crippen LogP contribution >= 0.6 is 0 Å². The molecule has 0 fully saturated rings. The van der Waals surface area contributed by atoms with E-state index in [9.17, 15) is 18.0 Å². The highest BCUT2D eigenvalue weighted by atomic mass is 32.2. The summed E-state index contributed by atoms with van der Waals surface area (Å²) in [6.45, 7) is 2.01. The van der Waals surface area contributed by atoms with Crippen LogP contribution in [0.1, 0.15) is 28.4 Å². The maximum Gasteiger partial charge on any atom is 0.258 e. The first-order chi connectivity index (χ1) is 15.3. The number of para-hydroxylation sites is 2. The van der Waals surface area contributed by atoms with E-state index in [2.05, 4.69) is 5.32 Å². The lowest BCUT2D eigenvalue weighted by Crippen LogP contribution is -2.35. The molecule has 0 spiro atoms. The number of hydrogen-bond acceptors (Lipinski definition) is 4. The summed E-state index contributed by atoms with van der Waals surface area (Å²) >= 11 is 0. The highest BCUT2D eigenvalue weighted by molar-refractivity contribution is 7.91. The number of rotatable bonds is 6. The van der Waals surface area contributed by atoms with Crippen molar-refractivity contribution in [2.75, 3.05) is 16.0 Å². The third-order valence-electron chi connectivity index (χ3n) is 5.42. The average molecular weight is 449 g/mol. The Hall–Kier alpha value is -3.45. The highest BCUT2D eigenvalue weighted by Crippen LogP contribution is 2.33. The van der Waals surface area contributed by atoms with Crippen LogP contribution in [0, 0.1) is 0 Å². The molecule has 0 saturated carbocycles. The van der Waals surface area contributed by atoms with Crippen LogP contribution in [0.3, 0.4) is 0 Å². The predicted octanol–water partition coefficient (Wildman–Crippen LogP) is 3.83. The highest BCUT2D eigenvalue weighted by Gasteiger charge is 2.31. The lowest BCUT2D eigenvalue weighted by atomic mass is 10.1. The maximum atomic E-state index is 13.1. The van der Waals surface area contributed by atoms with Gasteiger partial charge in [0.15, 0.2) is 9.84 Å². The van der Waals surface area contributed by atoms with E-state index >= 15 is 0 Å². The number of carbonyl (C=O) groups is 2. The van der Waals surface area contributed by atoms with E-state index in [0.717, 1.165) is 17.7 Å². The van der Waals surface area contributed by atoms with Gasteiger partial charge in [0, 0.05) is 23.0 Å². The predicted molar refractivity (Wildman–Crippen MR) is 125 cm³/mol. The zero-order valence-corrected chi connectivity index (χ0v) is 18.5. The van der Waals surface area contributed by atoms with E-state index in [-0.39, 0.29) is 17.7 Å². The first kappa shape index (κ1) is 21.8. The first-order valence-corrected chi connectivity index (χ1v) is 12.2. The fourth-order valence-corrected chi connectivity index (χ4v) is 5.25. The number of fused-ring (bicyclic) bond motifs is 1. The van der Waals surface area contributed by atoms with Crippen molar-refractivity contribution in [3.8, 4) is 0 Å². The number of amides is 2. The fourth-order valence-electron chi connectivity index (χ4n) is 3.98. The number of hydrogen-bond donors (Lipinski definition) is 1. The van der Waals surface area contributed by atoms with Gasteiger partial charge in [0.25, 0.3) is 5.91 Å². The maximum absolute atomic E-state index is 13.1. The van der Waals surface area contributed by atoms with E-state index in [1.807, 2.05) is 37.3 Å². The van der Waals surface area contributed by atoms with Crippen LogP contribution in [0.15, 0.2) is 78.9 Å². The van der Waals surface area contributed by atoms with Crippen LogP contribution in [0.5, 0.6) is 0 Å². The summed E-state index contributed by atoms with van der Waals surface area (Å²) in [7, 11) is -3.66. The normalized spacial score (nSPS) is 15.3. The van der Waals surface area contributed by atoms with E-state index < -0.39 is 21.5 Å². The van der Waals surface area contributed by atoms with Crippen molar-refractivity contribution in [1.82, 2.24) is 0 Å². The third-order valence-corrected chi connectivity index (χ3v) is 6.90. The molecule has 1 atom stereocenters. The van der Waals surface area contributed by atoms with Gasteiger partial charge in [-0.2, -0.15) is 0 Å². The van der Waals surface area contributed by atoms with Gasteiger partial charge in [-0.05, 0) is 54.8 Å². The number of nitrogens with one attached hydrogen (secondary N) is 1. The monoisotopic (exact) mass is 448 g/mol. The van der Waals surface area contributed by atoms with Gasteiger partial charge in [0.1, 0.15) is 5.75 Å². The van der Waals surface area contributed by atoms with Crippen molar-refractivity contribution in [3.05, 3.63) is 95.6 Å². The minimum Gasteiger partial charge on any atom is -0.325 e. The van der Waals surface area contributed by atoms with Crippen molar-refractivity contribution in [2.45, 2.75) is 25.1 Å². The van der Waals surface area contributed by atoms with E-state index in [0.29, 0.717) is 16.8 Å². The molecule has 3 aromatic rings. The largest absolute Gasteiger partial charge is 0.325 e. The van der Waals surface area contributed by atoms with Crippen LogP contribution in [-0.2, 0) is 26.8 Å². The summed E-state index contributed by atoms with van der Waals surface area (Å²) in [4.78, 5) is 27.0. The summed E-state index contributed by atoms with van der Waals surface area (Å²) in [6.07, 6.45) is 0.809. The Morgan fingerprint density at radius 3 is 2.31 bits per heavy atom. The van der Waals surface area contributed by atoms with E-state index in [1.54, 1.807) is 53.4 Å². The van der Waals surface area contributed by atoms with Gasteiger partial charge in [0.2, 0.25) is 5.91 Å². The van der Waals surface area contributed by atoms with Gasteiger partial charge in [-0.25, -0.2) is 8.42 Å². The Kier molecular flexibility index (Phi) is 6.10. The summed E-state index contributed by atoms with van der Waals surface area (Å²) in [5.74, 6) is -1.57. The van der Waals surface area contributed by atoms with Crippen molar-refractivity contribution in [1.29, 1.82) is 0 Å². The summed E-state index contributed by atoms with van der Waals surface area (Å²) in [6, 6.07) is 23.2. The summed E-state index contributed by atoms with van der Waals surface area (Å²) in [5.41, 5.74) is 3.64. The molecule has 0 aromatic heterocycles. The van der Waals surface area contributed by atoms with Gasteiger partial charge >= 0.3 is 0 Å². The number of nitrogens with zero attached hydrogens (tertiary/aromatic N) is 1. The van der Waals surface area contributed by atoms with E-state index in [4.69, 9.17) is 0 Å². The molecule has 1 aliphatic rings. The van der Waals surface area contributed by atoms with Crippen LogP contribution in [0.2, 0.25) is 0 Å². The molecular weight excluding hydrogens is 424 g/mol. The van der Waals surface area contributed by atoms with Crippen molar-refractivity contribution in [2.24, 2.45) is 0 Å². The second-order valence-corrected chi connectivity index (χ2v) is 10.1. The molecule has 0 aliphatic carbocycles. The molecule has 0 bridgehead atoms. The van der Waals surface area contributed by atoms with Gasteiger partial charge in [0.05, 0.1) is 5.75 Å². The molecule has 0 saturated heterocycles. The molecule has 4 rings (SSSR count). The topological polar surface area (TPSA) is 83.6 Å². The number of carbonyl (C=O) groups excluding carboxylic acids is 2. The van der Waals surface area contributed by atoms with Crippen LogP contribution in [0.25, 0.3) is 0 Å². The Morgan fingerprint density at radius 2 is 1.59 bits per heavy atom. The molecule has 1 heterocycles. The van der Waals surface area contributed by atoms with E-state index in [1.165, 1.54) is 0 Å². The van der Waals surface area contributed by atoms with Crippen molar-refractivity contribution < 1.29 is 18.0 Å². The number of sulfone groups is 1. The Morgan fingerprint density at radius 1 is 0.938 bits per heavy atom. The average Bonchev–Trinajstić information content (AvgIpc) is 3.09. The lowest BCUT2D eigenvalue weighted by Gasteiger charge is -2.23. The molecule has 2 amide bonds. The molecule has 1 unspecified atom stereocenters. The molecule has 6 nitrogen and oxygen atoms in total. The van der Waals surface area contributed by atoms with Crippen molar-refractivity contribution in [3.63, 3.8) is 0 Å². The quantitative estimate of drug-likeness (QED) is 0.621. The standard InChI is InChI=1S/C25H24N2O4S/c1-18-15-21-7-5-6-10-23(21)27(18)25(29)20-13-11-19(12-14-20)16-32(30,31)17-24(28)26-22-8-3-2-4-9-22/h2-14,18H,15-17H2,1H3,(H,26,28). The van der Waals surface area contributed by atoms with Crippen molar-refractivity contribution >= 4 is 33.0 Å². The van der Waals surface area contributed by atoms with Gasteiger partial charge in [-0.1, -0.05) is 48.5 Å². The molecule has 32 heavy (non-hydrogen) atoms. The number of benzene rings is 3. The number of anilines is 2. The van der Waals surface area contributed by atoms with Crippen LogP contribution < -0.4 is 10.2 Å². The Balaban J connectivity index is 1.41. The molecular formula is C25H24N2O4S.